The monoisotopic (exact) mass is 353 g/mol. The lowest BCUT2D eigenvalue weighted by atomic mass is 10.0. The molecule has 4 nitrogen and oxygen atoms in total. The first-order chi connectivity index (χ1) is 11.4. The molecule has 1 aliphatic heterocycles. The van der Waals surface area contributed by atoms with Gasteiger partial charge in [0.1, 0.15) is 34.7 Å². The van der Waals surface area contributed by atoms with Crippen LogP contribution in [0.3, 0.4) is 0 Å². The van der Waals surface area contributed by atoms with Gasteiger partial charge in [-0.05, 0) is 23.9 Å². The Morgan fingerprint density at radius 2 is 1.96 bits per heavy atom. The Balaban J connectivity index is 2.04. The SMILES string of the molecule is COc1cc(F)cc(Oc2ccc3c(c2C#N)C(O)C(F)(F)S3)c1. The van der Waals surface area contributed by atoms with Crippen molar-refractivity contribution in [1.29, 1.82) is 5.26 Å². The average Bonchev–Trinajstić information content (AvgIpc) is 2.77. The van der Waals surface area contributed by atoms with Gasteiger partial charge in [-0.15, -0.1) is 0 Å². The number of rotatable bonds is 3. The number of hydrogen-bond acceptors (Lipinski definition) is 5. The van der Waals surface area contributed by atoms with E-state index in [1.54, 1.807) is 6.07 Å². The molecule has 0 bridgehead atoms. The fourth-order valence-electron chi connectivity index (χ4n) is 2.35. The van der Waals surface area contributed by atoms with Gasteiger partial charge in [-0.1, -0.05) is 0 Å². The Labute approximate surface area is 139 Å². The Hall–Kier alpha value is -2.37. The Kier molecular flexibility index (Phi) is 4.07. The molecule has 0 amide bonds. The number of hydrogen-bond donors (Lipinski definition) is 1. The van der Waals surface area contributed by atoms with E-state index in [4.69, 9.17) is 9.47 Å². The molecule has 0 aromatic heterocycles. The summed E-state index contributed by atoms with van der Waals surface area (Å²) in [4.78, 5) is 0.105. The van der Waals surface area contributed by atoms with Crippen molar-refractivity contribution in [3.05, 3.63) is 47.3 Å². The normalized spacial score (nSPS) is 17.9. The van der Waals surface area contributed by atoms with Crippen molar-refractivity contribution < 1.29 is 27.8 Å². The highest BCUT2D eigenvalue weighted by molar-refractivity contribution is 8.00. The van der Waals surface area contributed by atoms with Gasteiger partial charge >= 0.3 is 5.25 Å². The standard InChI is InChI=1S/C16H10F3NO3S/c1-22-9-4-8(17)5-10(6-9)23-12-2-3-13-14(11(12)7-20)15(21)16(18,19)24-13/h2-6,15,21H,1H3. The van der Waals surface area contributed by atoms with Crippen molar-refractivity contribution in [3.8, 4) is 23.3 Å². The number of methoxy groups -OCH3 is 1. The minimum absolute atomic E-state index is 0.0372. The Morgan fingerprint density at radius 3 is 2.62 bits per heavy atom. The molecule has 1 N–H and O–H groups in total. The molecular weight excluding hydrogens is 343 g/mol. The lowest BCUT2D eigenvalue weighted by molar-refractivity contribution is -0.0311. The van der Waals surface area contributed by atoms with Gasteiger partial charge in [0.2, 0.25) is 0 Å². The predicted molar refractivity (Wildman–Crippen MR) is 79.9 cm³/mol. The minimum atomic E-state index is -3.42. The number of nitriles is 1. The molecule has 0 saturated heterocycles. The van der Waals surface area contributed by atoms with Gasteiger partial charge in [-0.3, -0.25) is 0 Å². The Bertz CT molecular complexity index is 851. The minimum Gasteiger partial charge on any atom is -0.497 e. The van der Waals surface area contributed by atoms with Crippen LogP contribution >= 0.6 is 11.8 Å². The highest BCUT2D eigenvalue weighted by Gasteiger charge is 2.49. The number of nitrogens with zero attached hydrogens (tertiary/aromatic N) is 1. The van der Waals surface area contributed by atoms with Crippen LogP contribution in [0.2, 0.25) is 0 Å². The number of alkyl halides is 2. The molecule has 2 aromatic rings. The molecule has 2 aromatic carbocycles. The molecule has 124 valence electrons. The molecular formula is C16H10F3NO3S. The summed E-state index contributed by atoms with van der Waals surface area (Å²) in [6.07, 6.45) is -2.11. The first-order valence-corrected chi connectivity index (χ1v) is 7.51. The van der Waals surface area contributed by atoms with E-state index in [0.29, 0.717) is 0 Å². The molecule has 0 aliphatic carbocycles. The van der Waals surface area contributed by atoms with E-state index >= 15 is 0 Å². The predicted octanol–water partition coefficient (Wildman–Crippen LogP) is 4.23. The van der Waals surface area contributed by atoms with E-state index in [2.05, 4.69) is 0 Å². The van der Waals surface area contributed by atoms with E-state index < -0.39 is 17.2 Å². The third kappa shape index (κ3) is 2.77. The number of thioether (sulfide) groups is 1. The van der Waals surface area contributed by atoms with Crippen LogP contribution in [0.5, 0.6) is 17.2 Å². The molecule has 0 radical (unpaired) electrons. The fraction of sp³-hybridized carbons (Fsp3) is 0.188. The van der Waals surface area contributed by atoms with E-state index in [-0.39, 0.29) is 45.0 Å². The van der Waals surface area contributed by atoms with Gasteiger partial charge in [0, 0.05) is 28.7 Å². The summed E-state index contributed by atoms with van der Waals surface area (Å²) in [5.41, 5.74) is -0.402. The molecule has 1 heterocycles. The molecule has 24 heavy (non-hydrogen) atoms. The maximum atomic E-state index is 13.7. The number of aliphatic hydroxyl groups is 1. The smallest absolute Gasteiger partial charge is 0.327 e. The van der Waals surface area contributed by atoms with Crippen molar-refractivity contribution in [2.24, 2.45) is 0 Å². The summed E-state index contributed by atoms with van der Waals surface area (Å²) in [6.45, 7) is 0. The van der Waals surface area contributed by atoms with Crippen LogP contribution in [0.25, 0.3) is 0 Å². The molecule has 0 saturated carbocycles. The maximum Gasteiger partial charge on any atom is 0.327 e. The number of halogens is 3. The lowest BCUT2D eigenvalue weighted by Crippen LogP contribution is -2.16. The zero-order chi connectivity index (χ0) is 17.5. The summed E-state index contributed by atoms with van der Waals surface area (Å²) >= 11 is 0.184. The van der Waals surface area contributed by atoms with Gasteiger partial charge in [0.05, 0.1) is 7.11 Å². The topological polar surface area (TPSA) is 62.5 Å². The first kappa shape index (κ1) is 16.5. The molecule has 0 fully saturated rings. The Morgan fingerprint density at radius 1 is 1.25 bits per heavy atom. The van der Waals surface area contributed by atoms with Crippen LogP contribution in [0.15, 0.2) is 35.2 Å². The molecule has 0 spiro atoms. The quantitative estimate of drug-likeness (QED) is 0.895. The summed E-state index contributed by atoms with van der Waals surface area (Å²) in [5.74, 6) is -0.436. The van der Waals surface area contributed by atoms with Crippen molar-refractivity contribution in [2.75, 3.05) is 7.11 Å². The summed E-state index contributed by atoms with van der Waals surface area (Å²) < 4.78 is 51.2. The van der Waals surface area contributed by atoms with Gasteiger partial charge < -0.3 is 14.6 Å². The molecule has 8 heteroatoms. The maximum absolute atomic E-state index is 13.7. The van der Waals surface area contributed by atoms with Crippen LogP contribution in [0.4, 0.5) is 13.2 Å². The zero-order valence-corrected chi connectivity index (χ0v) is 13.0. The average molecular weight is 353 g/mol. The number of fused-ring (bicyclic) bond motifs is 1. The number of aliphatic hydroxyl groups excluding tert-OH is 1. The second-order valence-electron chi connectivity index (χ2n) is 4.96. The van der Waals surface area contributed by atoms with Crippen molar-refractivity contribution in [2.45, 2.75) is 16.3 Å². The van der Waals surface area contributed by atoms with Crippen molar-refractivity contribution in [3.63, 3.8) is 0 Å². The van der Waals surface area contributed by atoms with Crippen LogP contribution in [0.1, 0.15) is 17.2 Å². The third-order valence-corrected chi connectivity index (χ3v) is 4.50. The van der Waals surface area contributed by atoms with Gasteiger partial charge in [-0.2, -0.15) is 14.0 Å². The van der Waals surface area contributed by atoms with E-state index in [1.165, 1.54) is 25.3 Å². The second kappa shape index (κ2) is 5.92. The van der Waals surface area contributed by atoms with Crippen LogP contribution < -0.4 is 9.47 Å². The first-order valence-electron chi connectivity index (χ1n) is 6.70. The molecule has 3 rings (SSSR count). The second-order valence-corrected chi connectivity index (χ2v) is 6.15. The lowest BCUT2D eigenvalue weighted by Gasteiger charge is -2.14. The number of ether oxygens (including phenoxy) is 2. The molecule has 1 aliphatic rings. The van der Waals surface area contributed by atoms with Crippen LogP contribution in [-0.2, 0) is 0 Å². The molecule has 1 unspecified atom stereocenters. The van der Waals surface area contributed by atoms with Crippen molar-refractivity contribution in [1.82, 2.24) is 0 Å². The van der Waals surface area contributed by atoms with E-state index in [0.717, 1.165) is 12.1 Å². The van der Waals surface area contributed by atoms with Gasteiger partial charge in [0.15, 0.2) is 6.10 Å². The zero-order valence-electron chi connectivity index (χ0n) is 12.2. The van der Waals surface area contributed by atoms with E-state index in [1.807, 2.05) is 0 Å². The highest BCUT2D eigenvalue weighted by Crippen LogP contribution is 2.56. The van der Waals surface area contributed by atoms with Crippen LogP contribution in [0, 0.1) is 17.1 Å². The summed E-state index contributed by atoms with van der Waals surface area (Å²) in [6, 6.07) is 8.02. The van der Waals surface area contributed by atoms with Crippen LogP contribution in [-0.4, -0.2) is 17.5 Å². The fourth-order valence-corrected chi connectivity index (χ4v) is 3.33. The highest BCUT2D eigenvalue weighted by atomic mass is 32.2. The molecule has 1 atom stereocenters. The largest absolute Gasteiger partial charge is 0.497 e. The van der Waals surface area contributed by atoms with Gasteiger partial charge in [-0.25, -0.2) is 4.39 Å². The summed E-state index contributed by atoms with van der Waals surface area (Å²) in [5, 5.41) is 15.7. The van der Waals surface area contributed by atoms with E-state index in [9.17, 15) is 23.5 Å². The van der Waals surface area contributed by atoms with Crippen molar-refractivity contribution >= 4 is 11.8 Å². The number of benzene rings is 2. The van der Waals surface area contributed by atoms with Gasteiger partial charge in [0.25, 0.3) is 0 Å². The third-order valence-electron chi connectivity index (χ3n) is 3.43. The summed E-state index contributed by atoms with van der Waals surface area (Å²) in [7, 11) is 1.35.